The Morgan fingerprint density at radius 3 is 2.06 bits per heavy atom. The lowest BCUT2D eigenvalue weighted by Gasteiger charge is -2.32. The standard InChI is InChI=1S/C31H31O3S/c1-4-31(20-24-15-16-25(31)19-24)34-29(32)21-33-30-22(2)17-28(18-23(30)3)35(26-11-7-5-8-12-26)27-13-9-6-10-14-27/h1,5-14,17-18,24-25H,15-16,19-21H2,2-3H3/q+1. The van der Waals surface area contributed by atoms with Crippen LogP contribution >= 0.6 is 0 Å². The molecule has 3 aromatic rings. The second kappa shape index (κ2) is 9.84. The van der Waals surface area contributed by atoms with E-state index in [1.807, 2.05) is 26.0 Å². The van der Waals surface area contributed by atoms with Crippen molar-refractivity contribution in [1.82, 2.24) is 0 Å². The number of hydrogen-bond donors (Lipinski definition) is 0. The number of benzene rings is 3. The predicted octanol–water partition coefficient (Wildman–Crippen LogP) is 6.51. The lowest BCUT2D eigenvalue weighted by atomic mass is 9.84. The lowest BCUT2D eigenvalue weighted by molar-refractivity contribution is -0.160. The van der Waals surface area contributed by atoms with E-state index in [9.17, 15) is 4.79 Å². The van der Waals surface area contributed by atoms with E-state index < -0.39 is 5.60 Å². The van der Waals surface area contributed by atoms with Gasteiger partial charge in [-0.1, -0.05) is 42.3 Å². The second-order valence-corrected chi connectivity index (χ2v) is 11.7. The van der Waals surface area contributed by atoms with Crippen molar-refractivity contribution in [3.63, 3.8) is 0 Å². The van der Waals surface area contributed by atoms with Crippen molar-refractivity contribution in [2.24, 2.45) is 11.8 Å². The Morgan fingerprint density at radius 1 is 0.971 bits per heavy atom. The maximum atomic E-state index is 12.7. The number of terminal acetylenes is 1. The molecule has 3 aromatic carbocycles. The molecule has 0 aromatic heterocycles. The lowest BCUT2D eigenvalue weighted by Crippen LogP contribution is -2.40. The first kappa shape index (κ1) is 23.6. The van der Waals surface area contributed by atoms with Crippen LogP contribution in [0.15, 0.2) is 87.5 Å². The van der Waals surface area contributed by atoms with Gasteiger partial charge in [-0.25, -0.2) is 4.79 Å². The average Bonchev–Trinajstić information content (AvgIpc) is 3.47. The van der Waals surface area contributed by atoms with E-state index >= 15 is 0 Å². The zero-order valence-electron chi connectivity index (χ0n) is 20.3. The van der Waals surface area contributed by atoms with Gasteiger partial charge in [-0.05, 0) is 74.4 Å². The van der Waals surface area contributed by atoms with Crippen LogP contribution in [-0.2, 0) is 20.4 Å². The summed E-state index contributed by atoms with van der Waals surface area (Å²) in [6.07, 6.45) is 9.93. The van der Waals surface area contributed by atoms with Crippen LogP contribution in [0.4, 0.5) is 0 Å². The number of hydrogen-bond acceptors (Lipinski definition) is 3. The molecule has 0 N–H and O–H groups in total. The first-order chi connectivity index (χ1) is 17.0. The molecule has 0 spiro atoms. The predicted molar refractivity (Wildman–Crippen MR) is 140 cm³/mol. The number of carbonyl (C=O) groups is 1. The van der Waals surface area contributed by atoms with Crippen LogP contribution in [0.2, 0.25) is 0 Å². The van der Waals surface area contributed by atoms with Gasteiger partial charge in [-0.3, -0.25) is 0 Å². The van der Waals surface area contributed by atoms with Gasteiger partial charge in [0.1, 0.15) is 5.75 Å². The smallest absolute Gasteiger partial charge is 0.345 e. The molecular formula is C31H31O3S+. The molecule has 178 valence electrons. The van der Waals surface area contributed by atoms with E-state index in [2.05, 4.69) is 66.6 Å². The number of ether oxygens (including phenoxy) is 2. The van der Waals surface area contributed by atoms with Gasteiger partial charge in [0.2, 0.25) is 0 Å². The quantitative estimate of drug-likeness (QED) is 0.218. The Morgan fingerprint density at radius 2 is 1.57 bits per heavy atom. The number of rotatable bonds is 7. The number of esters is 1. The number of carbonyl (C=O) groups excluding carboxylic acids is 1. The molecule has 2 saturated carbocycles. The molecule has 2 bridgehead atoms. The summed E-state index contributed by atoms with van der Waals surface area (Å²) in [5.41, 5.74) is 1.27. The highest BCUT2D eigenvalue weighted by Crippen LogP contribution is 2.52. The molecular weight excluding hydrogens is 452 g/mol. The van der Waals surface area contributed by atoms with Gasteiger partial charge in [-0.2, -0.15) is 0 Å². The van der Waals surface area contributed by atoms with Gasteiger partial charge in [0.05, 0.1) is 10.9 Å². The highest BCUT2D eigenvalue weighted by molar-refractivity contribution is 7.97. The van der Waals surface area contributed by atoms with Crippen molar-refractivity contribution in [1.29, 1.82) is 0 Å². The van der Waals surface area contributed by atoms with E-state index in [0.29, 0.717) is 5.92 Å². The van der Waals surface area contributed by atoms with Gasteiger partial charge < -0.3 is 9.47 Å². The molecule has 3 unspecified atom stereocenters. The molecule has 0 saturated heterocycles. The zero-order chi connectivity index (χ0) is 24.4. The summed E-state index contributed by atoms with van der Waals surface area (Å²) < 4.78 is 11.9. The van der Waals surface area contributed by atoms with Crippen molar-refractivity contribution in [2.45, 2.75) is 59.8 Å². The fraction of sp³-hybridized carbons (Fsp3) is 0.323. The van der Waals surface area contributed by atoms with Crippen molar-refractivity contribution in [2.75, 3.05) is 6.61 Å². The van der Waals surface area contributed by atoms with E-state index in [1.165, 1.54) is 21.1 Å². The van der Waals surface area contributed by atoms with Crippen molar-refractivity contribution in [3.8, 4) is 18.1 Å². The topological polar surface area (TPSA) is 35.5 Å². The largest absolute Gasteiger partial charge is 0.481 e. The summed E-state index contributed by atoms with van der Waals surface area (Å²) in [6.45, 7) is 3.94. The third kappa shape index (κ3) is 4.70. The third-order valence-corrected chi connectivity index (χ3v) is 9.49. The van der Waals surface area contributed by atoms with Crippen LogP contribution < -0.4 is 4.74 Å². The van der Waals surface area contributed by atoms with Crippen LogP contribution in [0.1, 0.15) is 36.8 Å². The SMILES string of the molecule is C#CC1(OC(=O)COc2c(C)cc([S+](c3ccccc3)c3ccccc3)cc2C)CC2CCC1C2. The van der Waals surface area contributed by atoms with Crippen LogP contribution in [0, 0.1) is 38.0 Å². The summed E-state index contributed by atoms with van der Waals surface area (Å²) in [7, 11) is -0.237. The number of fused-ring (bicyclic) bond motifs is 2. The molecule has 3 atom stereocenters. The fourth-order valence-corrected chi connectivity index (χ4v) is 8.02. The molecule has 2 fully saturated rings. The second-order valence-electron chi connectivity index (χ2n) is 9.70. The van der Waals surface area contributed by atoms with Gasteiger partial charge in [0.25, 0.3) is 0 Å². The third-order valence-electron chi connectivity index (χ3n) is 7.29. The van der Waals surface area contributed by atoms with Crippen molar-refractivity contribution >= 4 is 16.9 Å². The van der Waals surface area contributed by atoms with E-state index in [0.717, 1.165) is 36.1 Å². The molecule has 0 aliphatic heterocycles. The molecule has 0 heterocycles. The van der Waals surface area contributed by atoms with Crippen LogP contribution in [0.3, 0.4) is 0 Å². The minimum absolute atomic E-state index is 0.134. The highest BCUT2D eigenvalue weighted by Gasteiger charge is 2.53. The molecule has 4 heteroatoms. The monoisotopic (exact) mass is 483 g/mol. The Kier molecular flexibility index (Phi) is 6.62. The first-order valence-electron chi connectivity index (χ1n) is 12.3. The van der Waals surface area contributed by atoms with E-state index in [-0.39, 0.29) is 29.4 Å². The number of aryl methyl sites for hydroxylation is 2. The van der Waals surface area contributed by atoms with Gasteiger partial charge in [-0.15, -0.1) is 6.42 Å². The molecule has 35 heavy (non-hydrogen) atoms. The average molecular weight is 484 g/mol. The zero-order valence-corrected chi connectivity index (χ0v) is 21.1. The molecule has 0 amide bonds. The maximum Gasteiger partial charge on any atom is 0.345 e. The Bertz CT molecular complexity index is 1180. The Hall–Kier alpha value is -3.16. The normalized spacial score (nSPS) is 22.7. The highest BCUT2D eigenvalue weighted by atomic mass is 32.2. The molecule has 2 aliphatic carbocycles. The van der Waals surface area contributed by atoms with E-state index in [4.69, 9.17) is 15.9 Å². The van der Waals surface area contributed by atoms with Gasteiger partial charge in [0, 0.05) is 24.5 Å². The summed E-state index contributed by atoms with van der Waals surface area (Å²) in [5, 5.41) is 0. The van der Waals surface area contributed by atoms with E-state index in [1.54, 1.807) is 0 Å². The minimum atomic E-state index is -0.739. The van der Waals surface area contributed by atoms with Crippen LogP contribution in [-0.4, -0.2) is 18.2 Å². The van der Waals surface area contributed by atoms with Crippen LogP contribution in [0.5, 0.6) is 5.75 Å². The fourth-order valence-electron chi connectivity index (χ4n) is 5.75. The summed E-state index contributed by atoms with van der Waals surface area (Å²) >= 11 is 0. The molecule has 5 rings (SSSR count). The first-order valence-corrected chi connectivity index (χ1v) is 13.5. The summed E-state index contributed by atoms with van der Waals surface area (Å²) in [6, 6.07) is 25.5. The van der Waals surface area contributed by atoms with Gasteiger partial charge in [0.15, 0.2) is 26.9 Å². The molecule has 3 nitrogen and oxygen atoms in total. The molecule has 2 aliphatic rings. The summed E-state index contributed by atoms with van der Waals surface area (Å²) in [4.78, 5) is 16.5. The summed E-state index contributed by atoms with van der Waals surface area (Å²) in [5.74, 6) is 4.04. The Labute approximate surface area is 211 Å². The van der Waals surface area contributed by atoms with Crippen molar-refractivity contribution < 1.29 is 14.3 Å². The molecule has 0 radical (unpaired) electrons. The van der Waals surface area contributed by atoms with Crippen molar-refractivity contribution in [3.05, 3.63) is 83.9 Å². The van der Waals surface area contributed by atoms with Gasteiger partial charge >= 0.3 is 5.97 Å². The minimum Gasteiger partial charge on any atom is -0.481 e. The Balaban J connectivity index is 1.35. The van der Waals surface area contributed by atoms with Crippen LogP contribution in [0.25, 0.3) is 0 Å². The maximum absolute atomic E-state index is 12.7.